The highest BCUT2D eigenvalue weighted by Gasteiger charge is 2.08. The van der Waals surface area contributed by atoms with Gasteiger partial charge in [-0.15, -0.1) is 12.4 Å². The molecule has 17 heavy (non-hydrogen) atoms. The fourth-order valence-electron chi connectivity index (χ4n) is 0.990. The smallest absolute Gasteiger partial charge is 0.139 e. The molecule has 0 saturated carbocycles. The van der Waals surface area contributed by atoms with E-state index >= 15 is 0 Å². The molecule has 0 fully saturated rings. The van der Waals surface area contributed by atoms with Gasteiger partial charge in [-0.25, -0.2) is 0 Å². The van der Waals surface area contributed by atoms with Crippen molar-refractivity contribution >= 4 is 47.2 Å². The van der Waals surface area contributed by atoms with Gasteiger partial charge in [0.2, 0.25) is 0 Å². The zero-order valence-electron chi connectivity index (χ0n) is 9.37. The second kappa shape index (κ2) is 6.88. The van der Waals surface area contributed by atoms with Crippen molar-refractivity contribution in [2.24, 2.45) is 0 Å². The highest BCUT2D eigenvalue weighted by atomic mass is 35.5. The summed E-state index contributed by atoms with van der Waals surface area (Å²) < 4.78 is 4.94. The van der Waals surface area contributed by atoms with Crippen LogP contribution < -0.4 is 4.74 Å². The van der Waals surface area contributed by atoms with Crippen molar-refractivity contribution in [3.63, 3.8) is 0 Å². The maximum absolute atomic E-state index is 11.3. The van der Waals surface area contributed by atoms with Gasteiger partial charge in [-0.3, -0.25) is 0 Å². The van der Waals surface area contributed by atoms with Crippen LogP contribution in [0.1, 0.15) is 0 Å². The van der Waals surface area contributed by atoms with Crippen molar-refractivity contribution in [1.82, 2.24) is 0 Å². The fourth-order valence-corrected chi connectivity index (χ4v) is 1.58. The zero-order chi connectivity index (χ0) is 12.3. The predicted octanol–water partition coefficient (Wildman–Crippen LogP) is 4.02. The first-order valence-corrected chi connectivity index (χ1v) is 5.74. The van der Waals surface area contributed by atoms with Crippen molar-refractivity contribution in [2.45, 2.75) is 0 Å². The van der Waals surface area contributed by atoms with Gasteiger partial charge in [-0.2, -0.15) is 0 Å². The Morgan fingerprint density at radius 2 is 1.65 bits per heavy atom. The highest BCUT2D eigenvalue weighted by molar-refractivity contribution is 6.43. The molecule has 0 aliphatic rings. The van der Waals surface area contributed by atoms with Crippen molar-refractivity contribution in [1.29, 1.82) is 0 Å². The van der Waals surface area contributed by atoms with Crippen molar-refractivity contribution in [2.75, 3.05) is 27.2 Å². The van der Waals surface area contributed by atoms with Gasteiger partial charge < -0.3 is 14.6 Å². The van der Waals surface area contributed by atoms with Crippen LogP contribution in [-0.4, -0.2) is 31.9 Å². The van der Waals surface area contributed by atoms with Crippen molar-refractivity contribution in [3.05, 3.63) is 32.4 Å². The standard InChI is InChI=1S/C10H12Cl3NO2.ClH/c1-14(2,15)3-4-16-10-6-8(12)7(11)5-9(10)13;/h5-6H,3-4H2,1-2H3;1H. The number of likely N-dealkylation sites (N-methyl/N-ethyl adjacent to an activating group) is 1. The van der Waals surface area contributed by atoms with Gasteiger partial charge in [0.25, 0.3) is 0 Å². The second-order valence-electron chi connectivity index (χ2n) is 3.84. The lowest BCUT2D eigenvalue weighted by molar-refractivity contribution is -0.840. The summed E-state index contributed by atoms with van der Waals surface area (Å²) in [5, 5.41) is 12.4. The van der Waals surface area contributed by atoms with E-state index in [0.29, 0.717) is 27.4 Å². The number of hydroxylamine groups is 3. The van der Waals surface area contributed by atoms with E-state index in [2.05, 4.69) is 0 Å². The van der Waals surface area contributed by atoms with Crippen LogP contribution in [0.25, 0.3) is 0 Å². The van der Waals surface area contributed by atoms with Crippen LogP contribution in [-0.2, 0) is 0 Å². The average molecular weight is 321 g/mol. The van der Waals surface area contributed by atoms with Gasteiger partial charge in [0.15, 0.2) is 0 Å². The monoisotopic (exact) mass is 319 g/mol. The van der Waals surface area contributed by atoms with Crippen LogP contribution in [0.15, 0.2) is 12.1 Å². The van der Waals surface area contributed by atoms with E-state index < -0.39 is 4.65 Å². The number of halogens is 4. The molecule has 0 aliphatic heterocycles. The maximum Gasteiger partial charge on any atom is 0.139 e. The maximum atomic E-state index is 11.3. The van der Waals surface area contributed by atoms with E-state index in [4.69, 9.17) is 39.5 Å². The fraction of sp³-hybridized carbons (Fsp3) is 0.400. The minimum atomic E-state index is -0.418. The molecule has 1 aromatic rings. The van der Waals surface area contributed by atoms with E-state index in [1.807, 2.05) is 0 Å². The topological polar surface area (TPSA) is 32.3 Å². The van der Waals surface area contributed by atoms with E-state index in [1.165, 1.54) is 12.1 Å². The third-order valence-corrected chi connectivity index (χ3v) is 2.88. The van der Waals surface area contributed by atoms with Gasteiger partial charge in [0.1, 0.15) is 18.9 Å². The molecule has 0 heterocycles. The molecule has 7 heteroatoms. The number of hydrogen-bond donors (Lipinski definition) is 0. The lowest BCUT2D eigenvalue weighted by Crippen LogP contribution is -2.36. The second-order valence-corrected chi connectivity index (χ2v) is 5.06. The molecule has 0 amide bonds. The third-order valence-electron chi connectivity index (χ3n) is 1.86. The van der Waals surface area contributed by atoms with Gasteiger partial charge in [-0.1, -0.05) is 34.8 Å². The Balaban J connectivity index is 0.00000256. The normalized spacial score (nSPS) is 10.9. The third kappa shape index (κ3) is 6.00. The molecule has 0 spiro atoms. The predicted molar refractivity (Wildman–Crippen MR) is 74.6 cm³/mol. The van der Waals surface area contributed by atoms with E-state index in [1.54, 1.807) is 14.1 Å². The molecular formula is C10H13Cl4NO2. The van der Waals surface area contributed by atoms with Crippen LogP contribution in [0.5, 0.6) is 5.75 Å². The van der Waals surface area contributed by atoms with Gasteiger partial charge >= 0.3 is 0 Å². The molecule has 0 bridgehead atoms. The van der Waals surface area contributed by atoms with Crippen LogP contribution >= 0.6 is 47.2 Å². The Morgan fingerprint density at radius 3 is 2.18 bits per heavy atom. The Labute approximate surface area is 122 Å². The Kier molecular flexibility index (Phi) is 6.92. The molecule has 3 nitrogen and oxygen atoms in total. The SMILES string of the molecule is C[N+](C)([O-])CCOc1cc(Cl)c(Cl)cc1Cl.Cl. The summed E-state index contributed by atoms with van der Waals surface area (Å²) in [6.07, 6.45) is 0. The van der Waals surface area contributed by atoms with E-state index in [0.717, 1.165) is 0 Å². The first-order chi connectivity index (χ1) is 7.29. The molecule has 98 valence electrons. The molecule has 0 aliphatic carbocycles. The lowest BCUT2D eigenvalue weighted by Gasteiger charge is -2.33. The van der Waals surface area contributed by atoms with Crippen LogP contribution in [0, 0.1) is 5.21 Å². The Bertz CT molecular complexity index is 379. The highest BCUT2D eigenvalue weighted by Crippen LogP contribution is 2.33. The molecule has 0 unspecified atom stereocenters. The summed E-state index contributed by atoms with van der Waals surface area (Å²) in [4.78, 5) is 0. The molecule has 0 saturated heterocycles. The number of ether oxygens (including phenoxy) is 1. The first kappa shape index (κ1) is 17.1. The molecule has 0 aromatic heterocycles. The van der Waals surface area contributed by atoms with Crippen LogP contribution in [0.2, 0.25) is 15.1 Å². The molecule has 1 aromatic carbocycles. The zero-order valence-corrected chi connectivity index (χ0v) is 12.5. The summed E-state index contributed by atoms with van der Waals surface area (Å²) in [6, 6.07) is 3.05. The van der Waals surface area contributed by atoms with Crippen molar-refractivity contribution in [3.8, 4) is 5.75 Å². The number of quaternary nitrogens is 1. The minimum absolute atomic E-state index is 0. The molecule has 0 N–H and O–H groups in total. The number of hydrogen-bond acceptors (Lipinski definition) is 2. The Morgan fingerprint density at radius 1 is 1.12 bits per heavy atom. The molecular weight excluding hydrogens is 308 g/mol. The quantitative estimate of drug-likeness (QED) is 0.477. The summed E-state index contributed by atoms with van der Waals surface area (Å²) in [5.74, 6) is 0.435. The number of nitrogens with zero attached hydrogens (tertiary/aromatic N) is 1. The lowest BCUT2D eigenvalue weighted by atomic mass is 10.3. The van der Waals surface area contributed by atoms with Crippen molar-refractivity contribution < 1.29 is 9.38 Å². The Hall–Kier alpha value is 0.1000. The summed E-state index contributed by atoms with van der Waals surface area (Å²) >= 11 is 17.5. The molecule has 0 atom stereocenters. The summed E-state index contributed by atoms with van der Waals surface area (Å²) in [6.45, 7) is 0.602. The first-order valence-electron chi connectivity index (χ1n) is 4.61. The molecule has 1 rings (SSSR count). The van der Waals surface area contributed by atoms with Gasteiger partial charge in [0.05, 0.1) is 29.2 Å². The van der Waals surface area contributed by atoms with Gasteiger partial charge in [0, 0.05) is 6.07 Å². The van der Waals surface area contributed by atoms with Gasteiger partial charge in [-0.05, 0) is 6.07 Å². The average Bonchev–Trinajstić information content (AvgIpc) is 2.11. The number of rotatable bonds is 4. The van der Waals surface area contributed by atoms with E-state index in [9.17, 15) is 5.21 Å². The molecule has 0 radical (unpaired) electrons. The van der Waals surface area contributed by atoms with E-state index in [-0.39, 0.29) is 19.0 Å². The number of benzene rings is 1. The summed E-state index contributed by atoms with van der Waals surface area (Å²) in [5.41, 5.74) is 0. The summed E-state index contributed by atoms with van der Waals surface area (Å²) in [7, 11) is 3.08. The minimum Gasteiger partial charge on any atom is -0.633 e. The largest absolute Gasteiger partial charge is 0.633 e. The van der Waals surface area contributed by atoms with Crippen LogP contribution in [0.3, 0.4) is 0 Å². The van der Waals surface area contributed by atoms with Crippen LogP contribution in [0.4, 0.5) is 0 Å².